The maximum Gasteiger partial charge on any atom is 0.326 e. The zero-order chi connectivity index (χ0) is 19.7. The third-order valence-electron chi connectivity index (χ3n) is 3.62. The molecule has 0 aromatic heterocycles. The summed E-state index contributed by atoms with van der Waals surface area (Å²) in [5, 5.41) is 14.1. The first kappa shape index (κ1) is 21.1. The molecule has 0 aliphatic heterocycles. The quantitative estimate of drug-likeness (QED) is 0.353. The number of hydrogen-bond acceptors (Lipinski definition) is 5. The zero-order valence-electron chi connectivity index (χ0n) is 14.5. The largest absolute Gasteiger partial charge is 0.480 e. The van der Waals surface area contributed by atoms with Crippen LogP contribution in [0.15, 0.2) is 30.3 Å². The minimum absolute atomic E-state index is 0.0582. The van der Waals surface area contributed by atoms with E-state index in [1.807, 2.05) is 0 Å². The van der Waals surface area contributed by atoms with Gasteiger partial charge >= 0.3 is 5.97 Å². The topological polar surface area (TPSA) is 165 Å². The Hall–Kier alpha value is -2.94. The molecule has 1 aromatic rings. The van der Waals surface area contributed by atoms with Crippen molar-refractivity contribution in [3.8, 4) is 0 Å². The number of aliphatic carboxylic acids is 1. The standard InChI is InChI=1S/C17H24N4O5/c1-10(18)15(23)20-12(7-8-14(19)22)16(24)21-13(17(25)26)9-11-5-3-2-4-6-11/h2-6,10,12-13H,7-9,18H2,1H3,(H2,19,22)(H,20,23)(H,21,24)(H,25,26). The number of carbonyl (C=O) groups excluding carboxylic acids is 3. The fourth-order valence-corrected chi connectivity index (χ4v) is 2.18. The molecule has 0 spiro atoms. The second-order valence-corrected chi connectivity index (χ2v) is 5.94. The van der Waals surface area contributed by atoms with Crippen LogP contribution in [0.5, 0.6) is 0 Å². The number of amides is 3. The highest BCUT2D eigenvalue weighted by atomic mass is 16.4. The molecule has 1 aromatic carbocycles. The summed E-state index contributed by atoms with van der Waals surface area (Å²) in [5.41, 5.74) is 11.3. The van der Waals surface area contributed by atoms with Gasteiger partial charge in [-0.1, -0.05) is 30.3 Å². The summed E-state index contributed by atoms with van der Waals surface area (Å²) in [7, 11) is 0. The molecule has 0 aliphatic rings. The molecule has 0 saturated carbocycles. The Kier molecular flexibility index (Phi) is 8.23. The van der Waals surface area contributed by atoms with Crippen LogP contribution in [-0.2, 0) is 25.6 Å². The Morgan fingerprint density at radius 1 is 1.04 bits per heavy atom. The van der Waals surface area contributed by atoms with Gasteiger partial charge in [0.25, 0.3) is 0 Å². The minimum atomic E-state index is -1.21. The first-order valence-corrected chi connectivity index (χ1v) is 8.12. The van der Waals surface area contributed by atoms with Crippen molar-refractivity contribution in [1.82, 2.24) is 10.6 Å². The molecule has 3 unspecified atom stereocenters. The molecule has 7 N–H and O–H groups in total. The summed E-state index contributed by atoms with van der Waals surface area (Å²) in [6.07, 6.45) is -0.128. The van der Waals surface area contributed by atoms with E-state index in [1.54, 1.807) is 30.3 Å². The van der Waals surface area contributed by atoms with E-state index in [-0.39, 0.29) is 19.3 Å². The molecular formula is C17H24N4O5. The van der Waals surface area contributed by atoms with Crippen LogP contribution in [0.1, 0.15) is 25.3 Å². The predicted molar refractivity (Wildman–Crippen MR) is 93.7 cm³/mol. The molecule has 0 aliphatic carbocycles. The van der Waals surface area contributed by atoms with E-state index in [1.165, 1.54) is 6.92 Å². The molecule has 142 valence electrons. The Bertz CT molecular complexity index is 648. The lowest BCUT2D eigenvalue weighted by molar-refractivity contribution is -0.142. The van der Waals surface area contributed by atoms with E-state index in [0.717, 1.165) is 5.56 Å². The number of hydrogen-bond donors (Lipinski definition) is 5. The van der Waals surface area contributed by atoms with Crippen molar-refractivity contribution < 1.29 is 24.3 Å². The highest BCUT2D eigenvalue weighted by Gasteiger charge is 2.27. The minimum Gasteiger partial charge on any atom is -0.480 e. The molecule has 3 amide bonds. The number of nitrogens with one attached hydrogen (secondary N) is 2. The van der Waals surface area contributed by atoms with Crippen molar-refractivity contribution in [1.29, 1.82) is 0 Å². The normalized spacial score (nSPS) is 13.9. The van der Waals surface area contributed by atoms with Crippen molar-refractivity contribution in [2.75, 3.05) is 0 Å². The van der Waals surface area contributed by atoms with Crippen molar-refractivity contribution in [2.45, 2.75) is 44.3 Å². The van der Waals surface area contributed by atoms with Gasteiger partial charge in [-0.15, -0.1) is 0 Å². The van der Waals surface area contributed by atoms with Gasteiger partial charge in [0.15, 0.2) is 0 Å². The number of carboxylic acid groups (broad SMARTS) is 1. The van der Waals surface area contributed by atoms with Gasteiger partial charge in [0.2, 0.25) is 17.7 Å². The van der Waals surface area contributed by atoms with Crippen LogP contribution >= 0.6 is 0 Å². The second kappa shape index (κ2) is 10.1. The maximum atomic E-state index is 12.4. The van der Waals surface area contributed by atoms with Gasteiger partial charge in [-0.25, -0.2) is 4.79 Å². The molecule has 9 heteroatoms. The smallest absolute Gasteiger partial charge is 0.326 e. The van der Waals surface area contributed by atoms with Crippen molar-refractivity contribution in [3.63, 3.8) is 0 Å². The van der Waals surface area contributed by atoms with Gasteiger partial charge in [-0.05, 0) is 18.9 Å². The number of nitrogens with two attached hydrogens (primary N) is 2. The van der Waals surface area contributed by atoms with Gasteiger partial charge in [-0.2, -0.15) is 0 Å². The van der Waals surface area contributed by atoms with E-state index in [9.17, 15) is 24.3 Å². The summed E-state index contributed by atoms with van der Waals surface area (Å²) in [5.74, 6) is -3.17. The summed E-state index contributed by atoms with van der Waals surface area (Å²) < 4.78 is 0. The Balaban J connectivity index is 2.83. The highest BCUT2D eigenvalue weighted by molar-refractivity contribution is 5.92. The second-order valence-electron chi connectivity index (χ2n) is 5.94. The summed E-state index contributed by atoms with van der Waals surface area (Å²) in [6.45, 7) is 1.44. The summed E-state index contributed by atoms with van der Waals surface area (Å²) in [6, 6.07) is 5.63. The number of carbonyl (C=O) groups is 4. The van der Waals surface area contributed by atoms with E-state index in [4.69, 9.17) is 11.5 Å². The van der Waals surface area contributed by atoms with Crippen LogP contribution < -0.4 is 22.1 Å². The third kappa shape index (κ3) is 7.31. The zero-order valence-corrected chi connectivity index (χ0v) is 14.5. The van der Waals surface area contributed by atoms with Crippen molar-refractivity contribution in [2.24, 2.45) is 11.5 Å². The predicted octanol–water partition coefficient (Wildman–Crippen LogP) is -1.10. The average Bonchev–Trinajstić information content (AvgIpc) is 2.58. The van der Waals surface area contributed by atoms with Crippen molar-refractivity contribution >= 4 is 23.7 Å². The van der Waals surface area contributed by atoms with Crippen LogP contribution in [0.4, 0.5) is 0 Å². The first-order valence-electron chi connectivity index (χ1n) is 8.12. The summed E-state index contributed by atoms with van der Waals surface area (Å²) in [4.78, 5) is 46.6. The van der Waals surface area contributed by atoms with Crippen molar-refractivity contribution in [3.05, 3.63) is 35.9 Å². The van der Waals surface area contributed by atoms with E-state index in [0.29, 0.717) is 0 Å². The van der Waals surface area contributed by atoms with Gasteiger partial charge in [0.1, 0.15) is 12.1 Å². The number of benzene rings is 1. The molecule has 0 saturated heterocycles. The van der Waals surface area contributed by atoms with E-state index >= 15 is 0 Å². The highest BCUT2D eigenvalue weighted by Crippen LogP contribution is 2.05. The molecule has 0 fully saturated rings. The maximum absolute atomic E-state index is 12.4. The van der Waals surface area contributed by atoms with Crippen LogP contribution in [0.25, 0.3) is 0 Å². The van der Waals surface area contributed by atoms with Gasteiger partial charge in [-0.3, -0.25) is 14.4 Å². The molecule has 0 heterocycles. The fraction of sp³-hybridized carbons (Fsp3) is 0.412. The lowest BCUT2D eigenvalue weighted by Crippen LogP contribution is -2.54. The van der Waals surface area contributed by atoms with Crippen LogP contribution in [-0.4, -0.2) is 46.9 Å². The van der Waals surface area contributed by atoms with Gasteiger partial charge < -0.3 is 27.2 Å². The van der Waals surface area contributed by atoms with Crippen LogP contribution in [0.2, 0.25) is 0 Å². The molecule has 0 radical (unpaired) electrons. The molecule has 1 rings (SSSR count). The first-order chi connectivity index (χ1) is 12.2. The fourth-order valence-electron chi connectivity index (χ4n) is 2.18. The molecule has 26 heavy (non-hydrogen) atoms. The number of rotatable bonds is 10. The molecular weight excluding hydrogens is 340 g/mol. The average molecular weight is 364 g/mol. The van der Waals surface area contributed by atoms with Gasteiger partial charge in [0.05, 0.1) is 6.04 Å². The van der Waals surface area contributed by atoms with Crippen LogP contribution in [0, 0.1) is 0 Å². The third-order valence-corrected chi connectivity index (χ3v) is 3.62. The Labute approximate surface area is 151 Å². The number of carboxylic acids is 1. The monoisotopic (exact) mass is 364 g/mol. The SMILES string of the molecule is CC(N)C(=O)NC(CCC(N)=O)C(=O)NC(Cc1ccccc1)C(=O)O. The van der Waals surface area contributed by atoms with Gasteiger partial charge in [0, 0.05) is 12.8 Å². The Morgan fingerprint density at radius 2 is 1.62 bits per heavy atom. The molecule has 9 nitrogen and oxygen atoms in total. The van der Waals surface area contributed by atoms with Crippen LogP contribution in [0.3, 0.4) is 0 Å². The Morgan fingerprint density at radius 3 is 2.12 bits per heavy atom. The summed E-state index contributed by atoms with van der Waals surface area (Å²) >= 11 is 0. The van der Waals surface area contributed by atoms with E-state index < -0.39 is 41.8 Å². The molecule has 0 bridgehead atoms. The lowest BCUT2D eigenvalue weighted by atomic mass is 10.0. The molecule has 3 atom stereocenters. The lowest BCUT2D eigenvalue weighted by Gasteiger charge is -2.22. The van der Waals surface area contributed by atoms with E-state index in [2.05, 4.69) is 10.6 Å². The number of primary amides is 1.